The average molecular weight is 1920 g/mol. The third-order valence-corrected chi connectivity index (χ3v) is 30.9. The molecule has 0 saturated carbocycles. The Morgan fingerprint density at radius 3 is 1.31 bits per heavy atom. The number of aromatic amines is 2. The molecular formula is C101H138N16O16SSi2. The van der Waals surface area contributed by atoms with Gasteiger partial charge in [-0.2, -0.15) is 17.0 Å². The highest BCUT2D eigenvalue weighted by Crippen LogP contribution is 2.40. The van der Waals surface area contributed by atoms with Gasteiger partial charge in [0.25, 0.3) is 10.2 Å². The summed E-state index contributed by atoms with van der Waals surface area (Å²) in [5.41, 5.74) is 10.1. The van der Waals surface area contributed by atoms with Crippen LogP contribution in [-0.2, 0) is 80.9 Å². The van der Waals surface area contributed by atoms with Crippen molar-refractivity contribution in [3.63, 3.8) is 0 Å². The third-order valence-electron chi connectivity index (χ3n) is 25.5. The summed E-state index contributed by atoms with van der Waals surface area (Å²) in [6.07, 6.45) is 11.8. The van der Waals surface area contributed by atoms with Crippen molar-refractivity contribution in [2.24, 2.45) is 35.5 Å². The van der Waals surface area contributed by atoms with Crippen molar-refractivity contribution in [1.29, 1.82) is 0 Å². The molecule has 4 saturated heterocycles. The fraction of sp³-hybridized carbons (Fsp3) is 0.525. The average Bonchev–Trinajstić information content (AvgIpc) is 1.64. The maximum Gasteiger partial charge on any atom is 0.407 e. The number of aromatic nitrogens is 8. The molecule has 6 amide bonds. The van der Waals surface area contributed by atoms with E-state index in [9.17, 15) is 46.8 Å². The Morgan fingerprint density at radius 1 is 0.463 bits per heavy atom. The number of benzene rings is 4. The second kappa shape index (κ2) is 47.5. The molecule has 4 aliphatic heterocycles. The van der Waals surface area contributed by atoms with Crippen LogP contribution in [0, 0.1) is 59.2 Å². The van der Waals surface area contributed by atoms with Gasteiger partial charge in [-0.3, -0.25) is 28.8 Å². The Hall–Kier alpha value is -11.6. The lowest BCUT2D eigenvalue weighted by atomic mass is 9.89. The van der Waals surface area contributed by atoms with Crippen LogP contribution >= 0.6 is 0 Å². The number of alkyl carbamates (subject to hydrolysis) is 2. The molecule has 4 N–H and O–H groups in total. The summed E-state index contributed by atoms with van der Waals surface area (Å²) in [6, 6.07) is 30.7. The van der Waals surface area contributed by atoms with E-state index in [2.05, 4.69) is 103 Å². The first-order valence-electron chi connectivity index (χ1n) is 47.3. The molecule has 8 heterocycles. The molecule has 0 unspecified atom stereocenters. The minimum Gasteiger partial charge on any atom is -0.469 e. The van der Waals surface area contributed by atoms with Crippen LogP contribution in [0.2, 0.25) is 51.4 Å². The lowest BCUT2D eigenvalue weighted by Crippen LogP contribution is -2.56. The zero-order valence-electron chi connectivity index (χ0n) is 82.6. The Morgan fingerprint density at radius 2 is 0.868 bits per heavy atom. The molecule has 4 aromatic carbocycles. The fourth-order valence-electron chi connectivity index (χ4n) is 17.2. The van der Waals surface area contributed by atoms with Crippen LogP contribution < -0.4 is 10.6 Å². The van der Waals surface area contributed by atoms with E-state index in [4.69, 9.17) is 38.4 Å². The standard InChI is InChI=1S/C56H81N7O8Si2.C45H57N9O8S/c1-39(2)45(34-50(64)68-5)54(65)61-28-14-13-16-48(61)53-58-46(36-60(53)37-70-30-32-72(7,8)9)43-24-20-41(21-25-43)18-19-42-22-26-44(27-23-42)49-35-57-52(63(49)38-71-31-33-73(10,11)12)47-17-15-29-62(47)55(66)51(40(3)4)59-56(67)69-6;1-28(2)34(24-39(55)61-7)43(56)54-23-22-52(63(59,60)51(5)6)27-38(54)42-47-26-36(49-42)33-19-15-31(16-20-33)12-11-30-13-17-32(18-14-30)35-25-46-41(48-35)37-10-9-21-53(37)44(57)40(29(3)4)50-45(58)62-8/h20-27,35-36,39-40,45,47-48,51H,13-17,28-34,37-38H2,1-12H3,(H,59,67);13-20,25-26,28-29,34,37-38,40H,9-10,21-24,27H2,1-8H3,(H,46,48)(H,47,49)(H,50,58)/t45-,47-,48-,51-;34-,37-,38-,40-/m00/s1. The summed E-state index contributed by atoms with van der Waals surface area (Å²) in [5.74, 6) is 12.7. The molecule has 136 heavy (non-hydrogen) atoms. The highest BCUT2D eigenvalue weighted by atomic mass is 32.2. The van der Waals surface area contributed by atoms with Crippen LogP contribution in [0.5, 0.6) is 0 Å². The van der Waals surface area contributed by atoms with Crippen molar-refractivity contribution in [2.75, 3.05) is 95.0 Å². The molecule has 0 radical (unpaired) electrons. The van der Waals surface area contributed by atoms with Gasteiger partial charge >= 0.3 is 24.1 Å². The number of carbonyl (C=O) groups is 8. The van der Waals surface area contributed by atoms with E-state index >= 15 is 0 Å². The molecule has 4 aliphatic rings. The van der Waals surface area contributed by atoms with E-state index in [1.165, 1.54) is 46.8 Å². The number of esters is 2. The second-order valence-electron chi connectivity index (χ2n) is 39.3. The van der Waals surface area contributed by atoms with E-state index in [0.717, 1.165) is 135 Å². The van der Waals surface area contributed by atoms with E-state index in [-0.39, 0.29) is 104 Å². The van der Waals surface area contributed by atoms with E-state index < -0.39 is 74.5 Å². The monoisotopic (exact) mass is 1920 g/mol. The van der Waals surface area contributed by atoms with Crippen LogP contribution in [0.15, 0.2) is 122 Å². The number of nitrogens with zero attached hydrogens (tertiary/aromatic N) is 12. The van der Waals surface area contributed by atoms with E-state index in [1.54, 1.807) is 22.2 Å². The molecule has 732 valence electrons. The second-order valence-corrected chi connectivity index (χ2v) is 52.7. The summed E-state index contributed by atoms with van der Waals surface area (Å²) < 4.78 is 65.1. The van der Waals surface area contributed by atoms with E-state index in [0.29, 0.717) is 63.7 Å². The maximum atomic E-state index is 14.2. The Kier molecular flexibility index (Phi) is 36.6. The quantitative estimate of drug-likeness (QED) is 0.00956. The molecule has 32 nitrogen and oxygen atoms in total. The first-order valence-corrected chi connectivity index (χ1v) is 56.1. The van der Waals surface area contributed by atoms with Crippen molar-refractivity contribution in [3.8, 4) is 68.7 Å². The molecule has 4 aromatic heterocycles. The SMILES string of the molecule is COC(=O)C[C@H](C(=O)N1CCCC[C@H]1c1nc(-c2ccc(C#Cc3ccc(-c4cnc([C@@H]5CCCN5C(=O)[C@@H](NC(=O)OC)C(C)C)n4COCC[Si](C)(C)C)cc3)cc2)cn1COCC[Si](C)(C)C)C(C)C.COC(=O)C[C@H](C(=O)N1CCN(S(=O)(=O)N(C)C)C[C@H]1c1ncc(-c2ccc(C#Cc3ccc(-c4cnc([C@@H]5CCCN5C(=O)[C@@H](NC(=O)OC)C(C)C)[nH]4)cc3)cc2)[nH]1)C(C)C. The number of rotatable bonds is 34. The Labute approximate surface area is 803 Å². The van der Waals surface area contributed by atoms with Crippen molar-refractivity contribution in [1.82, 2.24) is 77.9 Å². The minimum atomic E-state index is -3.78. The number of imidazole rings is 4. The fourth-order valence-corrected chi connectivity index (χ4v) is 19.9. The largest absolute Gasteiger partial charge is 0.469 e. The number of piperidine rings is 1. The summed E-state index contributed by atoms with van der Waals surface area (Å²) in [5, 5.41) is 5.43. The highest BCUT2D eigenvalue weighted by molar-refractivity contribution is 7.86. The first kappa shape index (κ1) is 105. The van der Waals surface area contributed by atoms with Crippen molar-refractivity contribution in [2.45, 2.75) is 214 Å². The van der Waals surface area contributed by atoms with Gasteiger partial charge in [-0.05, 0) is 146 Å². The van der Waals surface area contributed by atoms with Gasteiger partial charge in [-0.15, -0.1) is 0 Å². The maximum absolute atomic E-state index is 14.2. The lowest BCUT2D eigenvalue weighted by Gasteiger charge is -2.42. The van der Waals surface area contributed by atoms with Gasteiger partial charge in [-0.25, -0.2) is 29.5 Å². The van der Waals surface area contributed by atoms with Gasteiger partial charge in [0.2, 0.25) is 23.6 Å². The predicted molar refractivity (Wildman–Crippen MR) is 526 cm³/mol. The highest BCUT2D eigenvalue weighted by Gasteiger charge is 2.45. The number of likely N-dealkylation sites (tertiary alicyclic amines) is 3. The van der Waals surface area contributed by atoms with Gasteiger partial charge < -0.3 is 77.8 Å². The lowest BCUT2D eigenvalue weighted by molar-refractivity contribution is -0.150. The topological polar surface area (TPSA) is 363 Å². The zero-order valence-corrected chi connectivity index (χ0v) is 85.4. The number of H-pyrrole nitrogens is 2. The van der Waals surface area contributed by atoms with Gasteiger partial charge in [-0.1, -0.05) is 167 Å². The normalized spacial score (nSPS) is 17.5. The van der Waals surface area contributed by atoms with Gasteiger partial charge in [0.1, 0.15) is 54.9 Å². The van der Waals surface area contributed by atoms with Gasteiger partial charge in [0, 0.05) is 117 Å². The number of hydrogen-bond donors (Lipinski definition) is 4. The summed E-state index contributed by atoms with van der Waals surface area (Å²) in [6.45, 7) is 33.2. The molecule has 4 fully saturated rings. The number of amides is 6. The number of piperazine rings is 1. The number of nitrogens with one attached hydrogen (secondary N) is 4. The number of carbonyl (C=O) groups excluding carboxylic acids is 8. The number of methoxy groups -OCH3 is 4. The minimum absolute atomic E-state index is 0.0140. The van der Waals surface area contributed by atoms with Crippen LogP contribution in [0.4, 0.5) is 9.59 Å². The number of hydrogen-bond acceptors (Lipinski definition) is 20. The van der Waals surface area contributed by atoms with Gasteiger partial charge in [0.05, 0.1) is 113 Å². The smallest absolute Gasteiger partial charge is 0.407 e. The Balaban J connectivity index is 0.000000264. The molecule has 0 spiro atoms. The first-order chi connectivity index (χ1) is 64.7. The molecule has 12 rings (SSSR count). The molecule has 35 heteroatoms. The molecule has 0 aliphatic carbocycles. The summed E-state index contributed by atoms with van der Waals surface area (Å²) in [4.78, 5) is 138. The third kappa shape index (κ3) is 27.2. The number of ether oxygens (including phenoxy) is 6. The van der Waals surface area contributed by atoms with Crippen molar-refractivity contribution in [3.05, 3.63) is 167 Å². The van der Waals surface area contributed by atoms with Crippen LogP contribution in [0.1, 0.15) is 183 Å². The molecule has 0 bridgehead atoms. The summed E-state index contributed by atoms with van der Waals surface area (Å²) >= 11 is 0. The van der Waals surface area contributed by atoms with Crippen molar-refractivity contribution >= 4 is 74.1 Å². The molecular weight excluding hydrogens is 1780 g/mol. The molecule has 8 aromatic rings. The predicted octanol–water partition coefficient (Wildman–Crippen LogP) is 15.1. The zero-order chi connectivity index (χ0) is 98.6. The van der Waals surface area contributed by atoms with E-state index in [1.807, 2.05) is 175 Å². The van der Waals surface area contributed by atoms with Crippen LogP contribution in [-0.4, -0.2) is 247 Å². The van der Waals surface area contributed by atoms with Gasteiger partial charge in [0.15, 0.2) is 0 Å². The Bertz CT molecular complexity index is 5680. The molecule has 8 atom stereocenters. The van der Waals surface area contributed by atoms with Crippen LogP contribution in [0.25, 0.3) is 45.0 Å². The summed E-state index contributed by atoms with van der Waals surface area (Å²) in [7, 11) is 1.73. The van der Waals surface area contributed by atoms with Crippen molar-refractivity contribution < 1.29 is 75.2 Å². The van der Waals surface area contributed by atoms with Crippen LogP contribution in [0.3, 0.4) is 0 Å².